The van der Waals surface area contributed by atoms with E-state index in [0.717, 1.165) is 17.0 Å². The van der Waals surface area contributed by atoms with Crippen molar-refractivity contribution in [3.8, 4) is 17.0 Å². The Bertz CT molecular complexity index is 1040. The van der Waals surface area contributed by atoms with E-state index in [1.165, 1.54) is 0 Å². The second kappa shape index (κ2) is 8.15. The van der Waals surface area contributed by atoms with Gasteiger partial charge in [0.05, 0.1) is 18.1 Å². The zero-order valence-corrected chi connectivity index (χ0v) is 15.6. The summed E-state index contributed by atoms with van der Waals surface area (Å²) in [4.78, 5) is 8.77. The summed E-state index contributed by atoms with van der Waals surface area (Å²) in [5.41, 5.74) is 2.84. The number of anilines is 2. The van der Waals surface area contributed by atoms with E-state index < -0.39 is 10.0 Å². The van der Waals surface area contributed by atoms with Crippen LogP contribution in [0.2, 0.25) is 0 Å². The lowest BCUT2D eigenvalue weighted by Gasteiger charge is -2.11. The third kappa shape index (κ3) is 5.25. The van der Waals surface area contributed by atoms with Crippen LogP contribution in [0.25, 0.3) is 11.3 Å². The van der Waals surface area contributed by atoms with Gasteiger partial charge in [-0.25, -0.2) is 23.5 Å². The topological polar surface area (TPSA) is 107 Å². The van der Waals surface area contributed by atoms with Crippen molar-refractivity contribution in [3.05, 3.63) is 66.4 Å². The molecule has 0 aliphatic rings. The predicted octanol–water partition coefficient (Wildman–Crippen LogP) is 3.07. The number of ether oxygens (including phenoxy) is 1. The van der Waals surface area contributed by atoms with E-state index in [4.69, 9.17) is 9.88 Å². The number of sulfonamides is 1. The molecular weight excluding hydrogens is 364 g/mol. The largest absolute Gasteiger partial charge is 0.493 e. The van der Waals surface area contributed by atoms with Gasteiger partial charge in [-0.3, -0.25) is 0 Å². The van der Waals surface area contributed by atoms with Crippen LogP contribution in [0.3, 0.4) is 0 Å². The number of nitrogens with two attached hydrogens (primary N) is 1. The Hall–Kier alpha value is -2.97. The molecule has 3 aromatic rings. The fourth-order valence-electron chi connectivity index (χ4n) is 2.63. The van der Waals surface area contributed by atoms with E-state index in [9.17, 15) is 8.42 Å². The number of nitrogens with one attached hydrogen (secondary N) is 1. The molecule has 1 heterocycles. The van der Waals surface area contributed by atoms with Crippen LogP contribution in [0.4, 0.5) is 11.6 Å². The molecule has 1 aromatic heterocycles. The summed E-state index contributed by atoms with van der Waals surface area (Å²) in [7, 11) is -3.59. The van der Waals surface area contributed by atoms with Crippen molar-refractivity contribution in [2.75, 3.05) is 11.9 Å². The maximum Gasteiger partial charge on any atom is 0.227 e. The maximum atomic E-state index is 11.3. The number of para-hydroxylation sites is 1. The van der Waals surface area contributed by atoms with Gasteiger partial charge in [0.15, 0.2) is 0 Å². The van der Waals surface area contributed by atoms with Gasteiger partial charge < -0.3 is 10.1 Å². The van der Waals surface area contributed by atoms with E-state index in [1.807, 2.05) is 31.2 Å². The van der Waals surface area contributed by atoms with Crippen LogP contribution in [0.15, 0.2) is 60.8 Å². The van der Waals surface area contributed by atoms with Crippen LogP contribution in [0.1, 0.15) is 12.5 Å². The average Bonchev–Trinajstić information content (AvgIpc) is 2.61. The predicted molar refractivity (Wildman–Crippen MR) is 105 cm³/mol. The number of nitrogens with zero attached hydrogens (tertiary/aromatic N) is 2. The molecule has 0 saturated heterocycles. The standard InChI is InChI=1S/C19H20N4O3S/c1-2-26-18-9-4-3-8-16(18)17-10-11-21-19(23-17)22-15-7-5-6-14(12-15)13-27(20,24)25/h3-12H,2,13H2,1H3,(H2,20,24,25)(H,21,22,23). The highest BCUT2D eigenvalue weighted by molar-refractivity contribution is 7.88. The molecule has 0 amide bonds. The first kappa shape index (κ1) is 18.8. The quantitative estimate of drug-likeness (QED) is 0.648. The van der Waals surface area contributed by atoms with Gasteiger partial charge in [-0.05, 0) is 42.8 Å². The molecule has 0 aliphatic heterocycles. The molecule has 27 heavy (non-hydrogen) atoms. The minimum atomic E-state index is -3.59. The Labute approximate surface area is 158 Å². The third-order valence-corrected chi connectivity index (χ3v) is 4.41. The Morgan fingerprint density at radius 1 is 1.11 bits per heavy atom. The lowest BCUT2D eigenvalue weighted by atomic mass is 10.1. The second-order valence-corrected chi connectivity index (χ2v) is 7.44. The monoisotopic (exact) mass is 384 g/mol. The van der Waals surface area contributed by atoms with Crippen molar-refractivity contribution < 1.29 is 13.2 Å². The number of aromatic nitrogens is 2. The van der Waals surface area contributed by atoms with Crippen molar-refractivity contribution in [3.63, 3.8) is 0 Å². The molecule has 0 spiro atoms. The summed E-state index contributed by atoms with van der Waals surface area (Å²) in [6.07, 6.45) is 1.65. The molecule has 3 N–H and O–H groups in total. The van der Waals surface area contributed by atoms with E-state index >= 15 is 0 Å². The summed E-state index contributed by atoms with van der Waals surface area (Å²) in [6, 6.07) is 16.4. The van der Waals surface area contributed by atoms with E-state index in [-0.39, 0.29) is 5.75 Å². The van der Waals surface area contributed by atoms with Crippen LogP contribution < -0.4 is 15.2 Å². The lowest BCUT2D eigenvalue weighted by molar-refractivity contribution is 0.341. The molecular formula is C19H20N4O3S. The minimum Gasteiger partial charge on any atom is -0.493 e. The SMILES string of the molecule is CCOc1ccccc1-c1ccnc(Nc2cccc(CS(N)(=O)=O)c2)n1. The van der Waals surface area contributed by atoms with Crippen molar-refractivity contribution in [1.29, 1.82) is 0 Å². The molecule has 0 radical (unpaired) electrons. The van der Waals surface area contributed by atoms with Gasteiger partial charge >= 0.3 is 0 Å². The second-order valence-electron chi connectivity index (χ2n) is 5.83. The van der Waals surface area contributed by atoms with Crippen LogP contribution in [0.5, 0.6) is 5.75 Å². The molecule has 0 saturated carbocycles. The van der Waals surface area contributed by atoms with Gasteiger partial charge in [0.2, 0.25) is 16.0 Å². The van der Waals surface area contributed by atoms with Crippen LogP contribution in [-0.2, 0) is 15.8 Å². The van der Waals surface area contributed by atoms with Crippen LogP contribution in [0, 0.1) is 0 Å². The zero-order valence-electron chi connectivity index (χ0n) is 14.8. The number of primary sulfonamides is 1. The normalized spacial score (nSPS) is 11.2. The smallest absolute Gasteiger partial charge is 0.227 e. The minimum absolute atomic E-state index is 0.231. The average molecular weight is 384 g/mol. The maximum absolute atomic E-state index is 11.3. The summed E-state index contributed by atoms with van der Waals surface area (Å²) >= 11 is 0. The summed E-state index contributed by atoms with van der Waals surface area (Å²) in [5.74, 6) is 0.914. The molecule has 8 heteroatoms. The number of rotatable bonds is 7. The third-order valence-electron chi connectivity index (χ3n) is 3.67. The highest BCUT2D eigenvalue weighted by Gasteiger charge is 2.09. The van der Waals surface area contributed by atoms with Gasteiger partial charge in [0.1, 0.15) is 5.75 Å². The van der Waals surface area contributed by atoms with E-state index in [1.54, 1.807) is 36.5 Å². The number of hydrogen-bond donors (Lipinski definition) is 2. The molecule has 0 fully saturated rings. The van der Waals surface area contributed by atoms with Crippen LogP contribution in [-0.4, -0.2) is 25.0 Å². The summed E-state index contributed by atoms with van der Waals surface area (Å²) in [6.45, 7) is 2.49. The highest BCUT2D eigenvalue weighted by atomic mass is 32.2. The van der Waals surface area contributed by atoms with Gasteiger partial charge in [0, 0.05) is 17.4 Å². The van der Waals surface area contributed by atoms with Crippen molar-refractivity contribution in [2.45, 2.75) is 12.7 Å². The fraction of sp³-hybridized carbons (Fsp3) is 0.158. The number of hydrogen-bond acceptors (Lipinski definition) is 6. The Morgan fingerprint density at radius 2 is 1.93 bits per heavy atom. The molecule has 0 aliphatic carbocycles. The molecule has 140 valence electrons. The first-order valence-corrected chi connectivity index (χ1v) is 10.1. The Balaban J connectivity index is 1.86. The van der Waals surface area contributed by atoms with Crippen molar-refractivity contribution in [2.24, 2.45) is 5.14 Å². The molecule has 3 rings (SSSR count). The summed E-state index contributed by atoms with van der Waals surface area (Å²) < 4.78 is 28.2. The van der Waals surface area contributed by atoms with Crippen molar-refractivity contribution in [1.82, 2.24) is 9.97 Å². The molecule has 0 unspecified atom stereocenters. The molecule has 7 nitrogen and oxygen atoms in total. The number of benzene rings is 2. The molecule has 2 aromatic carbocycles. The highest BCUT2D eigenvalue weighted by Crippen LogP contribution is 2.29. The zero-order chi connectivity index (χ0) is 19.3. The van der Waals surface area contributed by atoms with E-state index in [0.29, 0.717) is 23.8 Å². The van der Waals surface area contributed by atoms with Gasteiger partial charge in [-0.15, -0.1) is 0 Å². The molecule has 0 atom stereocenters. The lowest BCUT2D eigenvalue weighted by Crippen LogP contribution is -2.14. The van der Waals surface area contributed by atoms with Crippen LogP contribution >= 0.6 is 0 Å². The van der Waals surface area contributed by atoms with E-state index in [2.05, 4.69) is 15.3 Å². The van der Waals surface area contributed by atoms with Crippen molar-refractivity contribution >= 4 is 21.7 Å². The van der Waals surface area contributed by atoms with Gasteiger partial charge in [-0.1, -0.05) is 24.3 Å². The molecule has 0 bridgehead atoms. The fourth-order valence-corrected chi connectivity index (χ4v) is 3.27. The first-order valence-electron chi connectivity index (χ1n) is 8.36. The van der Waals surface area contributed by atoms with Gasteiger partial charge in [0.25, 0.3) is 0 Å². The Morgan fingerprint density at radius 3 is 2.70 bits per heavy atom. The summed E-state index contributed by atoms with van der Waals surface area (Å²) in [5, 5.41) is 8.20. The first-order chi connectivity index (χ1) is 12.9. The Kier molecular flexibility index (Phi) is 5.68. The van der Waals surface area contributed by atoms with Gasteiger partial charge in [-0.2, -0.15) is 0 Å².